The lowest BCUT2D eigenvalue weighted by Gasteiger charge is -2.27. The molecule has 1 aliphatic rings. The third-order valence-electron chi connectivity index (χ3n) is 4.05. The highest BCUT2D eigenvalue weighted by molar-refractivity contribution is 5.84. The first-order chi connectivity index (χ1) is 12.5. The number of amides is 1. The van der Waals surface area contributed by atoms with Gasteiger partial charge >= 0.3 is 5.97 Å². The number of hydrogen-bond acceptors (Lipinski definition) is 5. The van der Waals surface area contributed by atoms with Crippen LogP contribution in [-0.4, -0.2) is 42.6 Å². The standard InChI is InChI=1S/C20H21NO5/c1-14(19(22)21(2)12-15-8-4-3-5-9-15)25-20(23)18-13-24-16-10-6-7-11-17(16)26-18/h3-11,14,18H,12-13H2,1-2H3/t14-,18-/m1/s1. The van der Waals surface area contributed by atoms with Gasteiger partial charge in [-0.2, -0.15) is 0 Å². The van der Waals surface area contributed by atoms with Gasteiger partial charge in [0.25, 0.3) is 5.91 Å². The summed E-state index contributed by atoms with van der Waals surface area (Å²) < 4.78 is 16.4. The van der Waals surface area contributed by atoms with Gasteiger partial charge in [-0.25, -0.2) is 4.79 Å². The number of rotatable bonds is 5. The fourth-order valence-corrected chi connectivity index (χ4v) is 2.68. The Morgan fingerprint density at radius 3 is 2.50 bits per heavy atom. The number of para-hydroxylation sites is 2. The summed E-state index contributed by atoms with van der Waals surface area (Å²) in [6, 6.07) is 16.7. The van der Waals surface area contributed by atoms with Crippen LogP contribution in [0.5, 0.6) is 11.5 Å². The third kappa shape index (κ3) is 4.14. The summed E-state index contributed by atoms with van der Waals surface area (Å²) in [6.45, 7) is 2.05. The van der Waals surface area contributed by atoms with Gasteiger partial charge in [-0.1, -0.05) is 42.5 Å². The van der Waals surface area contributed by atoms with Crippen LogP contribution in [0.4, 0.5) is 0 Å². The number of likely N-dealkylation sites (N-methyl/N-ethyl adjacent to an activating group) is 1. The van der Waals surface area contributed by atoms with Crippen LogP contribution in [0.2, 0.25) is 0 Å². The fraction of sp³-hybridized carbons (Fsp3) is 0.300. The molecule has 1 heterocycles. The van der Waals surface area contributed by atoms with Crippen LogP contribution < -0.4 is 9.47 Å². The number of benzene rings is 2. The van der Waals surface area contributed by atoms with Crippen molar-refractivity contribution in [1.82, 2.24) is 4.90 Å². The van der Waals surface area contributed by atoms with Crippen molar-refractivity contribution in [3.8, 4) is 11.5 Å². The second-order valence-corrected chi connectivity index (χ2v) is 6.12. The quantitative estimate of drug-likeness (QED) is 0.771. The number of esters is 1. The van der Waals surface area contributed by atoms with Crippen molar-refractivity contribution in [2.24, 2.45) is 0 Å². The summed E-state index contributed by atoms with van der Waals surface area (Å²) >= 11 is 0. The second-order valence-electron chi connectivity index (χ2n) is 6.12. The molecule has 0 saturated heterocycles. The van der Waals surface area contributed by atoms with E-state index in [9.17, 15) is 9.59 Å². The molecule has 2 atom stereocenters. The minimum Gasteiger partial charge on any atom is -0.485 e. The van der Waals surface area contributed by atoms with E-state index < -0.39 is 18.2 Å². The lowest BCUT2D eigenvalue weighted by atomic mass is 10.2. The van der Waals surface area contributed by atoms with Crippen molar-refractivity contribution in [2.45, 2.75) is 25.7 Å². The number of carbonyl (C=O) groups excluding carboxylic acids is 2. The van der Waals surface area contributed by atoms with Crippen molar-refractivity contribution < 1.29 is 23.8 Å². The Bertz CT molecular complexity index is 777. The van der Waals surface area contributed by atoms with Gasteiger partial charge in [0.1, 0.15) is 6.61 Å². The van der Waals surface area contributed by atoms with Gasteiger partial charge in [0.05, 0.1) is 0 Å². The van der Waals surface area contributed by atoms with Crippen LogP contribution in [-0.2, 0) is 20.9 Å². The van der Waals surface area contributed by atoms with Gasteiger partial charge < -0.3 is 19.1 Å². The molecular weight excluding hydrogens is 334 g/mol. The minimum absolute atomic E-state index is 0.0522. The predicted octanol–water partition coefficient (Wildman–Crippen LogP) is 2.42. The van der Waals surface area contributed by atoms with Gasteiger partial charge in [-0.15, -0.1) is 0 Å². The van der Waals surface area contributed by atoms with Gasteiger partial charge in [-0.05, 0) is 24.6 Å². The fourth-order valence-electron chi connectivity index (χ4n) is 2.68. The van der Waals surface area contributed by atoms with Gasteiger partial charge in [0.2, 0.25) is 6.10 Å². The van der Waals surface area contributed by atoms with Crippen LogP contribution in [0.25, 0.3) is 0 Å². The SMILES string of the molecule is C[C@@H](OC(=O)[C@H]1COc2ccccc2O1)C(=O)N(C)Cc1ccccc1. The Kier molecular flexibility index (Phi) is 5.41. The first-order valence-corrected chi connectivity index (χ1v) is 8.42. The zero-order chi connectivity index (χ0) is 18.5. The average molecular weight is 355 g/mol. The molecule has 1 aliphatic heterocycles. The Labute approximate surface area is 152 Å². The molecule has 0 aromatic heterocycles. The molecule has 0 saturated carbocycles. The number of fused-ring (bicyclic) bond motifs is 1. The molecule has 0 aliphatic carbocycles. The third-order valence-corrected chi connectivity index (χ3v) is 4.05. The summed E-state index contributed by atoms with van der Waals surface area (Å²) in [5, 5.41) is 0. The highest BCUT2D eigenvalue weighted by atomic mass is 16.6. The molecule has 6 heteroatoms. The largest absolute Gasteiger partial charge is 0.485 e. The minimum atomic E-state index is -0.906. The molecule has 2 aromatic carbocycles. The van der Waals surface area contributed by atoms with Crippen molar-refractivity contribution >= 4 is 11.9 Å². The summed E-state index contributed by atoms with van der Waals surface area (Å²) in [6.07, 6.45) is -1.79. The molecule has 26 heavy (non-hydrogen) atoms. The number of nitrogens with zero attached hydrogens (tertiary/aromatic N) is 1. The highest BCUT2D eigenvalue weighted by Gasteiger charge is 2.31. The molecule has 6 nitrogen and oxygen atoms in total. The summed E-state index contributed by atoms with van der Waals surface area (Å²) in [5.41, 5.74) is 1.00. The Morgan fingerprint density at radius 1 is 1.12 bits per heavy atom. The maximum atomic E-state index is 12.4. The van der Waals surface area contributed by atoms with E-state index in [4.69, 9.17) is 14.2 Å². The van der Waals surface area contributed by atoms with Crippen molar-refractivity contribution in [3.63, 3.8) is 0 Å². The molecule has 136 valence electrons. The first-order valence-electron chi connectivity index (χ1n) is 8.42. The molecular formula is C20H21NO5. The smallest absolute Gasteiger partial charge is 0.351 e. The van der Waals surface area contributed by atoms with Crippen LogP contribution in [0.1, 0.15) is 12.5 Å². The number of carbonyl (C=O) groups is 2. The Morgan fingerprint density at radius 2 is 1.77 bits per heavy atom. The lowest BCUT2D eigenvalue weighted by Crippen LogP contribution is -2.43. The zero-order valence-electron chi connectivity index (χ0n) is 14.8. The van der Waals surface area contributed by atoms with Gasteiger partial charge in [0.15, 0.2) is 17.6 Å². The van der Waals surface area contributed by atoms with Crippen LogP contribution in [0.15, 0.2) is 54.6 Å². The zero-order valence-corrected chi connectivity index (χ0v) is 14.8. The molecule has 0 N–H and O–H groups in total. The van der Waals surface area contributed by atoms with E-state index in [1.54, 1.807) is 32.2 Å². The summed E-state index contributed by atoms with van der Waals surface area (Å²) in [7, 11) is 1.68. The van der Waals surface area contributed by atoms with E-state index in [2.05, 4.69) is 0 Å². The normalized spacial score (nSPS) is 16.5. The van der Waals surface area contributed by atoms with E-state index >= 15 is 0 Å². The Hall–Kier alpha value is -3.02. The lowest BCUT2D eigenvalue weighted by molar-refractivity contribution is -0.166. The summed E-state index contributed by atoms with van der Waals surface area (Å²) in [5.74, 6) is 0.178. The van der Waals surface area contributed by atoms with E-state index in [1.165, 1.54) is 4.90 Å². The average Bonchev–Trinajstić information content (AvgIpc) is 2.67. The van der Waals surface area contributed by atoms with Gasteiger partial charge in [0, 0.05) is 13.6 Å². The first kappa shape index (κ1) is 17.8. The maximum Gasteiger partial charge on any atom is 0.351 e. The maximum absolute atomic E-state index is 12.4. The van der Waals surface area contributed by atoms with Crippen LogP contribution in [0.3, 0.4) is 0 Å². The molecule has 0 fully saturated rings. The second kappa shape index (κ2) is 7.91. The highest BCUT2D eigenvalue weighted by Crippen LogP contribution is 2.31. The van der Waals surface area contributed by atoms with Crippen LogP contribution >= 0.6 is 0 Å². The molecule has 0 spiro atoms. The molecule has 0 radical (unpaired) electrons. The van der Waals surface area contributed by atoms with E-state index in [-0.39, 0.29) is 12.5 Å². The van der Waals surface area contributed by atoms with E-state index in [0.29, 0.717) is 18.0 Å². The van der Waals surface area contributed by atoms with Gasteiger partial charge in [-0.3, -0.25) is 4.79 Å². The van der Waals surface area contributed by atoms with E-state index in [1.807, 2.05) is 36.4 Å². The molecule has 1 amide bonds. The molecule has 3 rings (SSSR count). The predicted molar refractivity (Wildman–Crippen MR) is 94.8 cm³/mol. The molecule has 0 unspecified atom stereocenters. The topological polar surface area (TPSA) is 65.1 Å². The summed E-state index contributed by atoms with van der Waals surface area (Å²) in [4.78, 5) is 26.3. The van der Waals surface area contributed by atoms with Crippen LogP contribution in [0, 0.1) is 0 Å². The molecule has 0 bridgehead atoms. The van der Waals surface area contributed by atoms with E-state index in [0.717, 1.165) is 5.56 Å². The van der Waals surface area contributed by atoms with Crippen molar-refractivity contribution in [3.05, 3.63) is 60.2 Å². The molecule has 2 aromatic rings. The van der Waals surface area contributed by atoms with Crippen molar-refractivity contribution in [2.75, 3.05) is 13.7 Å². The monoisotopic (exact) mass is 355 g/mol. The number of ether oxygens (including phenoxy) is 3. The van der Waals surface area contributed by atoms with Crippen molar-refractivity contribution in [1.29, 1.82) is 0 Å². The Balaban J connectivity index is 1.54. The number of hydrogen-bond donors (Lipinski definition) is 0.